The van der Waals surface area contributed by atoms with Crippen LogP contribution >= 0.6 is 11.6 Å². The summed E-state index contributed by atoms with van der Waals surface area (Å²) in [6, 6.07) is 12.6. The Morgan fingerprint density at radius 2 is 1.89 bits per heavy atom. The molecule has 1 unspecified atom stereocenters. The monoisotopic (exact) mass is 392 g/mol. The van der Waals surface area contributed by atoms with Crippen LogP contribution in [0.4, 0.5) is 10.1 Å². The standard InChI is InChI=1S/C20H23ClFN3O2/c1-14(20(27)25(3)12-15-5-4-6-17(22)11-15)24(2)13-19(26)23-18-9-7-16(21)8-10-18/h4-11,14H,12-13H2,1-3H3,(H,23,26)/p+1/t14-/m1/s1. The van der Waals surface area contributed by atoms with E-state index >= 15 is 0 Å². The second-order valence-electron chi connectivity index (χ2n) is 6.62. The van der Waals surface area contributed by atoms with Crippen LogP contribution in [0.25, 0.3) is 0 Å². The molecular weight excluding hydrogens is 369 g/mol. The summed E-state index contributed by atoms with van der Waals surface area (Å²) in [7, 11) is 3.46. The van der Waals surface area contributed by atoms with Crippen LogP contribution in [-0.4, -0.2) is 43.4 Å². The molecule has 2 amide bonds. The van der Waals surface area contributed by atoms with Gasteiger partial charge in [-0.1, -0.05) is 23.7 Å². The molecule has 0 fully saturated rings. The Hall–Kier alpha value is -2.44. The lowest BCUT2D eigenvalue weighted by molar-refractivity contribution is -0.886. The number of carbonyl (C=O) groups excluding carboxylic acids is 2. The van der Waals surface area contributed by atoms with E-state index in [0.29, 0.717) is 17.3 Å². The minimum absolute atomic E-state index is 0.115. The van der Waals surface area contributed by atoms with Gasteiger partial charge >= 0.3 is 0 Å². The third-order valence-corrected chi connectivity index (χ3v) is 4.61. The molecule has 0 aliphatic heterocycles. The van der Waals surface area contributed by atoms with Crippen LogP contribution in [0.5, 0.6) is 0 Å². The second-order valence-corrected chi connectivity index (χ2v) is 7.06. The van der Waals surface area contributed by atoms with E-state index in [1.165, 1.54) is 12.1 Å². The summed E-state index contributed by atoms with van der Waals surface area (Å²) >= 11 is 5.83. The summed E-state index contributed by atoms with van der Waals surface area (Å²) in [6.07, 6.45) is 0. The van der Waals surface area contributed by atoms with Crippen LogP contribution in [0.15, 0.2) is 48.5 Å². The number of halogens is 2. The Balaban J connectivity index is 1.88. The molecule has 2 aromatic rings. The molecule has 0 spiro atoms. The van der Waals surface area contributed by atoms with Crippen molar-refractivity contribution in [1.82, 2.24) is 4.90 Å². The molecule has 0 saturated heterocycles. The molecule has 27 heavy (non-hydrogen) atoms. The molecule has 5 nitrogen and oxygen atoms in total. The van der Waals surface area contributed by atoms with Crippen molar-refractivity contribution in [2.75, 3.05) is 26.0 Å². The fourth-order valence-corrected chi connectivity index (χ4v) is 2.80. The van der Waals surface area contributed by atoms with E-state index in [-0.39, 0.29) is 24.2 Å². The van der Waals surface area contributed by atoms with Crippen LogP contribution in [0, 0.1) is 5.82 Å². The number of nitrogens with zero attached hydrogens (tertiary/aromatic N) is 1. The molecule has 0 aromatic heterocycles. The Labute approximate surface area is 163 Å². The van der Waals surface area contributed by atoms with Gasteiger partial charge in [0.05, 0.1) is 7.05 Å². The number of hydrogen-bond donors (Lipinski definition) is 2. The van der Waals surface area contributed by atoms with Crippen molar-refractivity contribution in [3.05, 3.63) is 64.9 Å². The number of nitrogens with one attached hydrogen (secondary N) is 2. The number of carbonyl (C=O) groups is 2. The number of hydrogen-bond acceptors (Lipinski definition) is 2. The third kappa shape index (κ3) is 6.34. The molecule has 2 N–H and O–H groups in total. The van der Waals surface area contributed by atoms with Crippen molar-refractivity contribution >= 4 is 29.1 Å². The van der Waals surface area contributed by atoms with Crippen LogP contribution in [-0.2, 0) is 16.1 Å². The van der Waals surface area contributed by atoms with E-state index in [1.807, 2.05) is 0 Å². The van der Waals surface area contributed by atoms with Gasteiger partial charge in [0.25, 0.3) is 11.8 Å². The van der Waals surface area contributed by atoms with Crippen molar-refractivity contribution in [3.8, 4) is 0 Å². The van der Waals surface area contributed by atoms with Gasteiger partial charge < -0.3 is 15.1 Å². The highest BCUT2D eigenvalue weighted by molar-refractivity contribution is 6.30. The topological polar surface area (TPSA) is 53.9 Å². The van der Waals surface area contributed by atoms with Crippen molar-refractivity contribution < 1.29 is 18.9 Å². The van der Waals surface area contributed by atoms with E-state index in [2.05, 4.69) is 5.32 Å². The predicted molar refractivity (Wildman–Crippen MR) is 104 cm³/mol. The molecule has 2 atom stereocenters. The molecule has 0 aliphatic rings. The number of rotatable bonds is 7. The molecule has 2 aromatic carbocycles. The summed E-state index contributed by atoms with van der Waals surface area (Å²) in [5.41, 5.74) is 1.37. The highest BCUT2D eigenvalue weighted by Gasteiger charge is 2.26. The van der Waals surface area contributed by atoms with Gasteiger partial charge in [0.2, 0.25) is 0 Å². The predicted octanol–water partition coefficient (Wildman–Crippen LogP) is 1.98. The van der Waals surface area contributed by atoms with E-state index < -0.39 is 6.04 Å². The van der Waals surface area contributed by atoms with Crippen molar-refractivity contribution in [1.29, 1.82) is 0 Å². The number of benzene rings is 2. The Bertz CT molecular complexity index is 798. The molecule has 144 valence electrons. The molecular formula is C20H24ClFN3O2+. The van der Waals surface area contributed by atoms with Crippen LogP contribution in [0.2, 0.25) is 5.02 Å². The first-order chi connectivity index (χ1) is 12.8. The Kier molecular flexibility index (Phi) is 7.33. The van der Waals surface area contributed by atoms with Gasteiger partial charge in [-0.05, 0) is 48.9 Å². The summed E-state index contributed by atoms with van der Waals surface area (Å²) in [5.74, 6) is -0.638. The number of amides is 2. The van der Waals surface area contributed by atoms with Gasteiger partial charge in [0.15, 0.2) is 12.6 Å². The number of anilines is 1. The minimum Gasteiger partial charge on any atom is -0.336 e. The number of quaternary nitrogens is 1. The molecule has 7 heteroatoms. The second kappa shape index (κ2) is 9.48. The first-order valence-electron chi connectivity index (χ1n) is 8.63. The maximum atomic E-state index is 13.3. The summed E-state index contributed by atoms with van der Waals surface area (Å²) in [4.78, 5) is 27.1. The van der Waals surface area contributed by atoms with Gasteiger partial charge in [0.1, 0.15) is 5.82 Å². The average molecular weight is 393 g/mol. The lowest BCUT2D eigenvalue weighted by atomic mass is 10.2. The average Bonchev–Trinajstić information content (AvgIpc) is 2.62. The maximum absolute atomic E-state index is 13.3. The summed E-state index contributed by atoms with van der Waals surface area (Å²) in [5, 5.41) is 3.38. The molecule has 2 rings (SSSR count). The zero-order chi connectivity index (χ0) is 20.0. The Morgan fingerprint density at radius 1 is 1.22 bits per heavy atom. The van der Waals surface area contributed by atoms with Crippen LogP contribution in [0.1, 0.15) is 12.5 Å². The fraction of sp³-hybridized carbons (Fsp3) is 0.300. The molecule has 0 heterocycles. The Morgan fingerprint density at radius 3 is 2.52 bits per heavy atom. The zero-order valence-corrected chi connectivity index (χ0v) is 16.4. The molecule has 0 bridgehead atoms. The van der Waals surface area contributed by atoms with E-state index in [1.54, 1.807) is 62.3 Å². The van der Waals surface area contributed by atoms with Crippen molar-refractivity contribution in [2.24, 2.45) is 0 Å². The quantitative estimate of drug-likeness (QED) is 0.757. The minimum atomic E-state index is -0.417. The third-order valence-electron chi connectivity index (χ3n) is 4.36. The highest BCUT2D eigenvalue weighted by atomic mass is 35.5. The normalized spacial score (nSPS) is 12.9. The lowest BCUT2D eigenvalue weighted by Crippen LogP contribution is -3.15. The largest absolute Gasteiger partial charge is 0.336 e. The smallest absolute Gasteiger partial charge is 0.280 e. The molecule has 0 radical (unpaired) electrons. The van der Waals surface area contributed by atoms with Gasteiger partial charge in [0, 0.05) is 24.3 Å². The fourth-order valence-electron chi connectivity index (χ4n) is 2.67. The van der Waals surface area contributed by atoms with E-state index in [0.717, 1.165) is 10.5 Å². The zero-order valence-electron chi connectivity index (χ0n) is 15.6. The number of likely N-dealkylation sites (N-methyl/N-ethyl adjacent to an activating group) is 2. The van der Waals surface area contributed by atoms with Gasteiger partial charge in [-0.25, -0.2) is 4.39 Å². The lowest BCUT2D eigenvalue weighted by Gasteiger charge is -2.25. The van der Waals surface area contributed by atoms with Crippen LogP contribution < -0.4 is 10.2 Å². The molecule has 0 saturated carbocycles. The molecule has 0 aliphatic carbocycles. The van der Waals surface area contributed by atoms with Gasteiger partial charge in [-0.3, -0.25) is 9.59 Å². The SMILES string of the molecule is C[C@H](C(=O)N(C)Cc1cccc(F)c1)[NH+](C)CC(=O)Nc1ccc(Cl)cc1. The first kappa shape index (κ1) is 20.9. The first-order valence-corrected chi connectivity index (χ1v) is 9.01. The van der Waals surface area contributed by atoms with Crippen LogP contribution in [0.3, 0.4) is 0 Å². The maximum Gasteiger partial charge on any atom is 0.280 e. The summed E-state index contributed by atoms with van der Waals surface area (Å²) < 4.78 is 13.3. The van der Waals surface area contributed by atoms with Crippen molar-refractivity contribution in [2.45, 2.75) is 19.5 Å². The summed E-state index contributed by atoms with van der Waals surface area (Å²) in [6.45, 7) is 2.23. The highest BCUT2D eigenvalue weighted by Crippen LogP contribution is 2.13. The van der Waals surface area contributed by atoms with Gasteiger partial charge in [-0.2, -0.15) is 0 Å². The van der Waals surface area contributed by atoms with Crippen molar-refractivity contribution in [3.63, 3.8) is 0 Å². The van der Waals surface area contributed by atoms with E-state index in [9.17, 15) is 14.0 Å². The van der Waals surface area contributed by atoms with E-state index in [4.69, 9.17) is 11.6 Å². The van der Waals surface area contributed by atoms with Gasteiger partial charge in [-0.15, -0.1) is 0 Å².